The fourth-order valence-electron chi connectivity index (χ4n) is 1.10. The summed E-state index contributed by atoms with van der Waals surface area (Å²) in [6, 6.07) is 0. The number of hydrogen-bond donors (Lipinski definition) is 2. The van der Waals surface area contributed by atoms with Crippen molar-refractivity contribution in [2.45, 2.75) is 19.8 Å². The number of thiol groups is 1. The number of hydrogen-bond acceptors (Lipinski definition) is 4. The Kier molecular flexibility index (Phi) is 7.23. The summed E-state index contributed by atoms with van der Waals surface area (Å²) in [6.45, 7) is 4.50. The Morgan fingerprint density at radius 1 is 1.43 bits per heavy atom. The molecule has 6 heteroatoms. The molecule has 1 rings (SSSR count). The van der Waals surface area contributed by atoms with Crippen molar-refractivity contribution in [2.75, 3.05) is 20.3 Å². The fourth-order valence-corrected chi connectivity index (χ4v) is 1.10. The first-order chi connectivity index (χ1) is 6.56. The van der Waals surface area contributed by atoms with Crippen LogP contribution >= 0.6 is 0 Å². The minimum Gasteiger partial charge on any atom is -0.362 e. The third-order valence-corrected chi connectivity index (χ3v) is 1.74. The van der Waals surface area contributed by atoms with Gasteiger partial charge in [0.05, 0.1) is 6.67 Å². The highest BCUT2D eigenvalue weighted by Gasteiger charge is 2.05. The molecule has 1 heterocycles. The Labute approximate surface area is 86.8 Å². The van der Waals surface area contributed by atoms with E-state index in [4.69, 9.17) is 13.0 Å². The standard InChI is InChI=1S/C8H16N2.H2O3S/c1-3-4-5-10-7-6-9(2)8-10;1-4(2)3/h6-7H,3-5,8H2,1-2H3;4H,(H,1,2,3). The lowest BCUT2D eigenvalue weighted by Gasteiger charge is -2.17. The van der Waals surface area contributed by atoms with E-state index < -0.39 is 11.0 Å². The van der Waals surface area contributed by atoms with Crippen LogP contribution in [0.25, 0.3) is 0 Å². The van der Waals surface area contributed by atoms with Crippen LogP contribution in [0.4, 0.5) is 0 Å². The Morgan fingerprint density at radius 2 is 2.00 bits per heavy atom. The van der Waals surface area contributed by atoms with Crippen molar-refractivity contribution in [3.8, 4) is 0 Å². The van der Waals surface area contributed by atoms with Crippen LogP contribution in [-0.2, 0) is 11.0 Å². The molecule has 0 fully saturated rings. The van der Waals surface area contributed by atoms with Crippen molar-refractivity contribution in [3.05, 3.63) is 12.4 Å². The van der Waals surface area contributed by atoms with E-state index >= 15 is 0 Å². The second kappa shape index (κ2) is 7.64. The summed E-state index contributed by atoms with van der Waals surface area (Å²) >= 11 is 0. The Balaban J connectivity index is 0.000000364. The molecule has 0 saturated carbocycles. The fraction of sp³-hybridized carbons (Fsp3) is 0.750. The van der Waals surface area contributed by atoms with Crippen molar-refractivity contribution in [1.82, 2.24) is 9.80 Å². The maximum Gasteiger partial charge on any atom is 0.254 e. The van der Waals surface area contributed by atoms with Gasteiger partial charge in [-0.25, -0.2) is 8.42 Å². The molecule has 0 radical (unpaired) electrons. The van der Waals surface area contributed by atoms with Crippen molar-refractivity contribution < 1.29 is 13.0 Å². The molecule has 0 aromatic rings. The van der Waals surface area contributed by atoms with Crippen LogP contribution in [0.15, 0.2) is 12.4 Å². The molecule has 0 aliphatic carbocycles. The smallest absolute Gasteiger partial charge is 0.254 e. The molecule has 5 nitrogen and oxygen atoms in total. The summed E-state index contributed by atoms with van der Waals surface area (Å²) < 4.78 is 24.2. The predicted octanol–water partition coefficient (Wildman–Crippen LogP) is 0.533. The average Bonchev–Trinajstić information content (AvgIpc) is 2.47. The molecule has 0 spiro atoms. The lowest BCUT2D eigenvalue weighted by atomic mass is 10.3. The molecule has 0 aromatic carbocycles. The molecular weight excluding hydrogens is 204 g/mol. The second-order valence-corrected chi connectivity index (χ2v) is 3.58. The van der Waals surface area contributed by atoms with Gasteiger partial charge in [-0.15, -0.1) is 0 Å². The van der Waals surface area contributed by atoms with E-state index in [9.17, 15) is 0 Å². The molecule has 1 aliphatic rings. The second-order valence-electron chi connectivity index (χ2n) is 3.10. The molecule has 1 aliphatic heterocycles. The van der Waals surface area contributed by atoms with Gasteiger partial charge < -0.3 is 9.80 Å². The molecule has 0 bridgehead atoms. The zero-order valence-electron chi connectivity index (χ0n) is 8.59. The van der Waals surface area contributed by atoms with Gasteiger partial charge in [0, 0.05) is 26.0 Å². The third-order valence-electron chi connectivity index (χ3n) is 1.74. The lowest BCUT2D eigenvalue weighted by molar-refractivity contribution is 0.293. The number of unbranched alkanes of at least 4 members (excludes halogenated alkanes) is 1. The van der Waals surface area contributed by atoms with Crippen LogP contribution in [0.2, 0.25) is 0 Å². The van der Waals surface area contributed by atoms with E-state index in [1.165, 1.54) is 19.4 Å². The van der Waals surface area contributed by atoms with Crippen molar-refractivity contribution in [2.24, 2.45) is 0 Å². The SMILES string of the molecule is CCCCN1C=CN(C)C1.O=[SH](=O)O. The van der Waals surface area contributed by atoms with Crippen molar-refractivity contribution in [3.63, 3.8) is 0 Å². The van der Waals surface area contributed by atoms with E-state index in [2.05, 4.69) is 36.2 Å². The van der Waals surface area contributed by atoms with Crippen molar-refractivity contribution in [1.29, 1.82) is 0 Å². The molecule has 0 aromatic heterocycles. The first-order valence-corrected chi connectivity index (χ1v) is 5.65. The van der Waals surface area contributed by atoms with Gasteiger partial charge in [-0.2, -0.15) is 0 Å². The highest BCUT2D eigenvalue weighted by Crippen LogP contribution is 2.04. The van der Waals surface area contributed by atoms with E-state index in [-0.39, 0.29) is 0 Å². The van der Waals surface area contributed by atoms with Gasteiger partial charge in [0.15, 0.2) is 0 Å². The third kappa shape index (κ3) is 7.88. The van der Waals surface area contributed by atoms with Gasteiger partial charge >= 0.3 is 0 Å². The zero-order valence-corrected chi connectivity index (χ0v) is 9.48. The molecule has 14 heavy (non-hydrogen) atoms. The Bertz CT molecular complexity index is 233. The first kappa shape index (κ1) is 13.2. The van der Waals surface area contributed by atoms with Gasteiger partial charge in [-0.1, -0.05) is 13.3 Å². The quantitative estimate of drug-likeness (QED) is 0.539. The van der Waals surface area contributed by atoms with Crippen LogP contribution < -0.4 is 0 Å². The van der Waals surface area contributed by atoms with Crippen LogP contribution in [0.1, 0.15) is 19.8 Å². The minimum absolute atomic E-state index is 1.07. The van der Waals surface area contributed by atoms with Crippen LogP contribution in [0.5, 0.6) is 0 Å². The molecule has 1 N–H and O–H groups in total. The Hall–Kier alpha value is -0.750. The van der Waals surface area contributed by atoms with E-state index in [0.717, 1.165) is 6.67 Å². The summed E-state index contributed by atoms with van der Waals surface area (Å²) in [5, 5.41) is 0. The summed E-state index contributed by atoms with van der Waals surface area (Å²) in [5.74, 6) is 0. The molecule has 0 atom stereocenters. The highest BCUT2D eigenvalue weighted by molar-refractivity contribution is 7.66. The molecule has 0 amide bonds. The van der Waals surface area contributed by atoms with Gasteiger partial charge in [-0.05, 0) is 6.42 Å². The summed E-state index contributed by atoms with van der Waals surface area (Å²) in [5.41, 5.74) is 0. The van der Waals surface area contributed by atoms with Gasteiger partial charge in [0.25, 0.3) is 11.0 Å². The molecule has 0 unspecified atom stereocenters. The number of rotatable bonds is 3. The van der Waals surface area contributed by atoms with Crippen LogP contribution in [-0.4, -0.2) is 43.0 Å². The first-order valence-electron chi connectivity index (χ1n) is 4.52. The van der Waals surface area contributed by atoms with E-state index in [1.54, 1.807) is 0 Å². The monoisotopic (exact) mass is 222 g/mol. The van der Waals surface area contributed by atoms with Crippen LogP contribution in [0.3, 0.4) is 0 Å². The largest absolute Gasteiger partial charge is 0.362 e. The normalized spacial score (nSPS) is 14.6. The summed E-state index contributed by atoms with van der Waals surface area (Å²) in [6.07, 6.45) is 6.87. The summed E-state index contributed by atoms with van der Waals surface area (Å²) in [7, 11) is -1.02. The average molecular weight is 222 g/mol. The van der Waals surface area contributed by atoms with Crippen LogP contribution in [0, 0.1) is 0 Å². The Morgan fingerprint density at radius 3 is 2.36 bits per heavy atom. The predicted molar refractivity (Wildman–Crippen MR) is 56.3 cm³/mol. The van der Waals surface area contributed by atoms with Gasteiger partial charge in [-0.3, -0.25) is 4.55 Å². The zero-order chi connectivity index (χ0) is 11.0. The van der Waals surface area contributed by atoms with Gasteiger partial charge in [0.2, 0.25) is 0 Å². The van der Waals surface area contributed by atoms with Crippen molar-refractivity contribution >= 4 is 11.0 Å². The topological polar surface area (TPSA) is 60.9 Å². The molecule has 84 valence electrons. The maximum absolute atomic E-state index is 8.59. The maximum atomic E-state index is 8.59. The molecule has 0 saturated heterocycles. The van der Waals surface area contributed by atoms with E-state index in [0.29, 0.717) is 0 Å². The molecular formula is C8H18N2O3S. The number of nitrogens with zero attached hydrogens (tertiary/aromatic N) is 2. The van der Waals surface area contributed by atoms with E-state index in [1.807, 2.05) is 0 Å². The summed E-state index contributed by atoms with van der Waals surface area (Å²) in [4.78, 5) is 4.53. The van der Waals surface area contributed by atoms with Gasteiger partial charge in [0.1, 0.15) is 0 Å². The highest BCUT2D eigenvalue weighted by atomic mass is 32.2. The minimum atomic E-state index is -3.12. The lowest BCUT2D eigenvalue weighted by Crippen LogP contribution is -2.23.